The van der Waals surface area contributed by atoms with Crippen LogP contribution in [0.3, 0.4) is 0 Å². The summed E-state index contributed by atoms with van der Waals surface area (Å²) in [7, 11) is 3.23. The van der Waals surface area contributed by atoms with E-state index < -0.39 is 6.10 Å². The highest BCUT2D eigenvalue weighted by Crippen LogP contribution is 2.43. The van der Waals surface area contributed by atoms with E-state index >= 15 is 0 Å². The highest BCUT2D eigenvalue weighted by atomic mass is 16.5. The molecule has 1 atom stereocenters. The Morgan fingerprint density at radius 1 is 1.10 bits per heavy atom. The number of ether oxygens (including phenoxy) is 2. The van der Waals surface area contributed by atoms with Crippen LogP contribution in [0.15, 0.2) is 49.6 Å². The Morgan fingerprint density at radius 2 is 1.67 bits per heavy atom. The quantitative estimate of drug-likeness (QED) is 0.820. The summed E-state index contributed by atoms with van der Waals surface area (Å²) in [5.41, 5.74) is 1.55. The zero-order valence-corrected chi connectivity index (χ0v) is 12.4. The van der Waals surface area contributed by atoms with Gasteiger partial charge in [0.2, 0.25) is 0 Å². The van der Waals surface area contributed by atoms with E-state index in [4.69, 9.17) is 9.47 Å². The zero-order valence-electron chi connectivity index (χ0n) is 12.4. The molecular formula is C18H20O3. The number of methoxy groups -OCH3 is 2. The van der Waals surface area contributed by atoms with E-state index in [1.54, 1.807) is 20.3 Å². The van der Waals surface area contributed by atoms with Gasteiger partial charge in [-0.05, 0) is 6.42 Å². The van der Waals surface area contributed by atoms with Gasteiger partial charge in [0.05, 0.1) is 14.2 Å². The van der Waals surface area contributed by atoms with Gasteiger partial charge in [-0.1, -0.05) is 36.4 Å². The molecule has 0 aliphatic heterocycles. The van der Waals surface area contributed by atoms with E-state index in [-0.39, 0.29) is 0 Å². The third kappa shape index (κ3) is 2.52. The molecule has 0 bridgehead atoms. The van der Waals surface area contributed by atoms with Crippen molar-refractivity contribution < 1.29 is 14.6 Å². The lowest BCUT2D eigenvalue weighted by molar-refractivity contribution is 0.222. The highest BCUT2D eigenvalue weighted by molar-refractivity contribution is 5.96. The highest BCUT2D eigenvalue weighted by Gasteiger charge is 2.23. The molecule has 0 fully saturated rings. The first-order chi connectivity index (χ1) is 10.2. The van der Waals surface area contributed by atoms with Gasteiger partial charge in [-0.25, -0.2) is 0 Å². The average Bonchev–Trinajstić information content (AvgIpc) is 2.53. The van der Waals surface area contributed by atoms with Gasteiger partial charge in [-0.15, -0.1) is 13.2 Å². The monoisotopic (exact) mass is 284 g/mol. The smallest absolute Gasteiger partial charge is 0.133 e. The van der Waals surface area contributed by atoms with Crippen LogP contribution in [0.2, 0.25) is 0 Å². The van der Waals surface area contributed by atoms with Crippen molar-refractivity contribution in [3.8, 4) is 11.5 Å². The van der Waals surface area contributed by atoms with Gasteiger partial charge in [0.15, 0.2) is 0 Å². The molecule has 3 heteroatoms. The van der Waals surface area contributed by atoms with E-state index in [2.05, 4.69) is 13.2 Å². The third-order valence-electron chi connectivity index (χ3n) is 3.54. The maximum atomic E-state index is 10.3. The van der Waals surface area contributed by atoms with Gasteiger partial charge in [0.1, 0.15) is 17.6 Å². The Balaban J connectivity index is 2.97. The van der Waals surface area contributed by atoms with Crippen LogP contribution < -0.4 is 9.47 Å². The van der Waals surface area contributed by atoms with Crippen LogP contribution in [0.4, 0.5) is 0 Å². The molecule has 0 saturated heterocycles. The summed E-state index contributed by atoms with van der Waals surface area (Å²) in [5, 5.41) is 12.2. The molecule has 0 radical (unpaired) electrons. The van der Waals surface area contributed by atoms with Crippen molar-refractivity contribution in [1.29, 1.82) is 0 Å². The lowest BCUT2D eigenvalue weighted by Gasteiger charge is -2.22. The fraction of sp³-hybridized carbons (Fsp3) is 0.222. The van der Waals surface area contributed by atoms with Crippen LogP contribution in [0.1, 0.15) is 17.2 Å². The number of benzene rings is 2. The van der Waals surface area contributed by atoms with Crippen molar-refractivity contribution in [2.24, 2.45) is 0 Å². The Morgan fingerprint density at radius 3 is 2.14 bits per heavy atom. The lowest BCUT2D eigenvalue weighted by atomic mass is 9.92. The zero-order chi connectivity index (χ0) is 15.4. The molecule has 2 rings (SSSR count). The third-order valence-corrected chi connectivity index (χ3v) is 3.54. The van der Waals surface area contributed by atoms with E-state index in [1.807, 2.05) is 24.3 Å². The van der Waals surface area contributed by atoms with Gasteiger partial charge in [0.25, 0.3) is 0 Å². The topological polar surface area (TPSA) is 38.7 Å². The average molecular weight is 284 g/mol. The molecule has 0 saturated carbocycles. The van der Waals surface area contributed by atoms with Gasteiger partial charge in [0, 0.05) is 21.9 Å². The summed E-state index contributed by atoms with van der Waals surface area (Å²) in [6.07, 6.45) is 3.02. The number of rotatable bonds is 6. The Bertz CT molecular complexity index is 674. The first-order valence-corrected chi connectivity index (χ1v) is 6.76. The van der Waals surface area contributed by atoms with Crippen LogP contribution >= 0.6 is 0 Å². The van der Waals surface area contributed by atoms with Crippen molar-refractivity contribution in [3.05, 3.63) is 60.7 Å². The van der Waals surface area contributed by atoms with Crippen LogP contribution in [0.5, 0.6) is 11.5 Å². The molecule has 2 aromatic carbocycles. The molecule has 1 unspecified atom stereocenters. The second kappa shape index (κ2) is 6.46. The number of allylic oxidation sites excluding steroid dienone is 1. The fourth-order valence-corrected chi connectivity index (χ4v) is 2.68. The predicted molar refractivity (Wildman–Crippen MR) is 86.1 cm³/mol. The number of aliphatic hydroxyl groups excluding tert-OH is 1. The minimum Gasteiger partial charge on any atom is -0.496 e. The summed E-state index contributed by atoms with van der Waals surface area (Å²) in [6.45, 7) is 7.47. The number of aliphatic hydroxyl groups is 1. The van der Waals surface area contributed by atoms with Crippen LogP contribution in [-0.4, -0.2) is 19.3 Å². The number of fused-ring (bicyclic) bond motifs is 1. The van der Waals surface area contributed by atoms with E-state index in [1.165, 1.54) is 6.08 Å². The van der Waals surface area contributed by atoms with Crippen molar-refractivity contribution in [3.63, 3.8) is 0 Å². The molecule has 3 nitrogen and oxygen atoms in total. The minimum absolute atomic E-state index is 0.574. The van der Waals surface area contributed by atoms with Crippen LogP contribution in [-0.2, 0) is 6.42 Å². The largest absolute Gasteiger partial charge is 0.496 e. The molecule has 2 aromatic rings. The minimum atomic E-state index is -0.826. The SMILES string of the molecule is C=CCc1c(C(O)C=C)c(OC)c2ccccc2c1OC. The Kier molecular flexibility index (Phi) is 4.66. The molecule has 0 heterocycles. The second-order valence-electron chi connectivity index (χ2n) is 4.68. The molecule has 1 N–H and O–H groups in total. The molecule has 0 spiro atoms. The van der Waals surface area contributed by atoms with Crippen molar-refractivity contribution in [2.75, 3.05) is 14.2 Å². The Hall–Kier alpha value is -2.26. The van der Waals surface area contributed by atoms with Crippen molar-refractivity contribution >= 4 is 10.8 Å². The molecule has 0 aliphatic rings. The number of hydrogen-bond acceptors (Lipinski definition) is 3. The van der Waals surface area contributed by atoms with Gasteiger partial charge >= 0.3 is 0 Å². The summed E-state index contributed by atoms with van der Waals surface area (Å²) < 4.78 is 11.2. The summed E-state index contributed by atoms with van der Waals surface area (Å²) in [5.74, 6) is 1.39. The summed E-state index contributed by atoms with van der Waals surface area (Å²) >= 11 is 0. The standard InChI is InChI=1S/C18H20O3/c1-5-9-14-16(15(19)6-2)18(21-4)13-11-8-7-10-12(13)17(14)20-3/h5-8,10-11,15,19H,1-2,9H2,3-4H3. The predicted octanol–water partition coefficient (Wildman–Crippen LogP) is 3.80. The second-order valence-corrected chi connectivity index (χ2v) is 4.68. The number of hydrogen-bond donors (Lipinski definition) is 1. The molecule has 110 valence electrons. The normalized spacial score (nSPS) is 12.0. The van der Waals surface area contributed by atoms with Gasteiger partial charge in [-0.2, -0.15) is 0 Å². The van der Waals surface area contributed by atoms with E-state index in [0.717, 1.165) is 22.1 Å². The molecular weight excluding hydrogens is 264 g/mol. The summed E-state index contributed by atoms with van der Waals surface area (Å²) in [4.78, 5) is 0. The van der Waals surface area contributed by atoms with E-state index in [9.17, 15) is 5.11 Å². The first kappa shape index (κ1) is 15.1. The molecule has 0 aliphatic carbocycles. The molecule has 0 aromatic heterocycles. The first-order valence-electron chi connectivity index (χ1n) is 6.76. The molecule has 0 amide bonds. The van der Waals surface area contributed by atoms with Crippen molar-refractivity contribution in [2.45, 2.75) is 12.5 Å². The van der Waals surface area contributed by atoms with Gasteiger partial charge < -0.3 is 14.6 Å². The maximum Gasteiger partial charge on any atom is 0.133 e. The van der Waals surface area contributed by atoms with Gasteiger partial charge in [-0.3, -0.25) is 0 Å². The molecule has 21 heavy (non-hydrogen) atoms. The van der Waals surface area contributed by atoms with Crippen LogP contribution in [0, 0.1) is 0 Å². The lowest BCUT2D eigenvalue weighted by Crippen LogP contribution is -2.06. The van der Waals surface area contributed by atoms with Crippen molar-refractivity contribution in [1.82, 2.24) is 0 Å². The van der Waals surface area contributed by atoms with Crippen LogP contribution in [0.25, 0.3) is 10.8 Å². The van der Waals surface area contributed by atoms with E-state index in [0.29, 0.717) is 17.7 Å². The fourth-order valence-electron chi connectivity index (χ4n) is 2.68. The maximum absolute atomic E-state index is 10.3. The summed E-state index contributed by atoms with van der Waals surface area (Å²) in [6, 6.07) is 7.81. The Labute approximate surface area is 125 Å².